The number of hydrogen-bond donors (Lipinski definition) is 1. The number of ether oxygens (including phenoxy) is 2. The highest BCUT2D eigenvalue weighted by molar-refractivity contribution is 7.07. The third-order valence-corrected chi connectivity index (χ3v) is 6.81. The minimum Gasteiger partial charge on any atom is -0.504 e. The predicted octanol–water partition coefficient (Wildman–Crippen LogP) is 2.97. The number of carbonyl (C=O) groups excluding carboxylic acids is 1. The first-order chi connectivity index (χ1) is 17.2. The summed E-state index contributed by atoms with van der Waals surface area (Å²) in [5.41, 5.74) is 3.09. The van der Waals surface area contributed by atoms with Crippen molar-refractivity contribution < 1.29 is 19.4 Å². The van der Waals surface area contributed by atoms with Crippen LogP contribution in [0.3, 0.4) is 0 Å². The van der Waals surface area contributed by atoms with E-state index < -0.39 is 12.0 Å². The molecule has 0 saturated heterocycles. The molecule has 1 unspecified atom stereocenters. The third-order valence-electron chi connectivity index (χ3n) is 5.82. The lowest BCUT2D eigenvalue weighted by atomic mass is 9.95. The number of rotatable bonds is 7. The number of carbonyl (C=O) groups is 1. The summed E-state index contributed by atoms with van der Waals surface area (Å²) in [7, 11) is 3.90. The van der Waals surface area contributed by atoms with E-state index in [1.54, 1.807) is 36.6 Å². The van der Waals surface area contributed by atoms with Crippen LogP contribution in [-0.4, -0.2) is 43.0 Å². The van der Waals surface area contributed by atoms with E-state index in [1.165, 1.54) is 17.4 Å². The molecule has 3 aromatic rings. The van der Waals surface area contributed by atoms with Crippen molar-refractivity contribution in [2.45, 2.75) is 26.8 Å². The Labute approximate surface area is 213 Å². The fraction of sp³-hybridized carbons (Fsp3) is 0.296. The number of phenolic OH excluding ortho intramolecular Hbond substituents is 1. The van der Waals surface area contributed by atoms with Crippen LogP contribution in [-0.2, 0) is 9.53 Å². The molecule has 0 amide bonds. The largest absolute Gasteiger partial charge is 0.504 e. The first-order valence-electron chi connectivity index (χ1n) is 11.7. The second-order valence-corrected chi connectivity index (χ2v) is 9.46. The quantitative estimate of drug-likeness (QED) is 0.495. The first kappa shape index (κ1) is 25.2. The Morgan fingerprint density at radius 1 is 1.17 bits per heavy atom. The molecule has 0 saturated carbocycles. The summed E-state index contributed by atoms with van der Waals surface area (Å²) in [6, 6.07) is 12.0. The van der Waals surface area contributed by atoms with Crippen molar-refractivity contribution in [1.29, 1.82) is 0 Å². The van der Waals surface area contributed by atoms with Crippen molar-refractivity contribution >= 4 is 29.1 Å². The van der Waals surface area contributed by atoms with Gasteiger partial charge in [0.1, 0.15) is 0 Å². The number of phenols is 1. The molecule has 1 aliphatic heterocycles. The SMILES string of the molecule is CCOC(=O)C1=C(C)N=c2s/c(=C\c3ccc(O)c(OCC)c3)c(=O)n2C1c1ccc(N(C)C)cc1. The van der Waals surface area contributed by atoms with Crippen LogP contribution < -0.4 is 24.5 Å². The van der Waals surface area contributed by atoms with Crippen LogP contribution in [0, 0.1) is 0 Å². The van der Waals surface area contributed by atoms with Gasteiger partial charge in [0.05, 0.1) is 35.1 Å². The second-order valence-electron chi connectivity index (χ2n) is 8.45. The molecule has 1 aromatic heterocycles. The summed E-state index contributed by atoms with van der Waals surface area (Å²) in [5.74, 6) is -0.112. The molecule has 0 aliphatic carbocycles. The van der Waals surface area contributed by atoms with E-state index in [0.717, 1.165) is 11.3 Å². The molecule has 0 spiro atoms. The standard InChI is InChI=1S/C27H29N3O5S/c1-6-34-21-14-17(8-13-20(21)31)15-22-25(32)30-24(18-9-11-19(12-10-18)29(4)5)23(26(33)35-7-2)16(3)28-27(30)36-22/h8-15,24,31H,6-7H2,1-5H3/b22-15-. The predicted molar refractivity (Wildman–Crippen MR) is 140 cm³/mol. The number of fused-ring (bicyclic) bond motifs is 1. The van der Waals surface area contributed by atoms with Gasteiger partial charge in [-0.15, -0.1) is 0 Å². The number of hydrogen-bond acceptors (Lipinski definition) is 8. The Balaban J connectivity index is 1.90. The van der Waals surface area contributed by atoms with Gasteiger partial charge in [0.15, 0.2) is 16.3 Å². The zero-order chi connectivity index (χ0) is 26.0. The summed E-state index contributed by atoms with van der Waals surface area (Å²) < 4.78 is 12.8. The van der Waals surface area contributed by atoms with Crippen molar-refractivity contribution in [3.05, 3.63) is 84.5 Å². The zero-order valence-corrected chi connectivity index (χ0v) is 21.8. The van der Waals surface area contributed by atoms with Gasteiger partial charge < -0.3 is 19.5 Å². The molecule has 4 rings (SSSR count). The molecule has 0 fully saturated rings. The number of aromatic nitrogens is 1. The molecule has 8 nitrogen and oxygen atoms in total. The lowest BCUT2D eigenvalue weighted by Gasteiger charge is -2.25. The van der Waals surface area contributed by atoms with Gasteiger partial charge in [0.2, 0.25) is 0 Å². The average molecular weight is 508 g/mol. The molecular formula is C27H29N3O5S. The maximum atomic E-state index is 13.7. The molecule has 0 radical (unpaired) electrons. The Bertz CT molecular complexity index is 1500. The molecule has 1 atom stereocenters. The Kier molecular flexibility index (Phi) is 7.30. The summed E-state index contributed by atoms with van der Waals surface area (Å²) in [5, 5.41) is 10.0. The second kappa shape index (κ2) is 10.4. The molecular weight excluding hydrogens is 478 g/mol. The minimum atomic E-state index is -0.669. The van der Waals surface area contributed by atoms with Crippen LogP contribution in [0.15, 0.2) is 63.5 Å². The fourth-order valence-corrected chi connectivity index (χ4v) is 5.15. The Morgan fingerprint density at radius 2 is 1.89 bits per heavy atom. The number of benzene rings is 2. The lowest BCUT2D eigenvalue weighted by molar-refractivity contribution is -0.139. The highest BCUT2D eigenvalue weighted by Crippen LogP contribution is 2.32. The van der Waals surface area contributed by atoms with E-state index in [9.17, 15) is 14.7 Å². The van der Waals surface area contributed by atoms with Crippen molar-refractivity contribution in [2.75, 3.05) is 32.2 Å². The monoisotopic (exact) mass is 507 g/mol. The third kappa shape index (κ3) is 4.79. The van der Waals surface area contributed by atoms with Crippen LogP contribution in [0.4, 0.5) is 5.69 Å². The van der Waals surface area contributed by atoms with Gasteiger partial charge >= 0.3 is 5.97 Å². The minimum absolute atomic E-state index is 0.0336. The first-order valence-corrected chi connectivity index (χ1v) is 12.5. The van der Waals surface area contributed by atoms with E-state index in [0.29, 0.717) is 38.5 Å². The highest BCUT2D eigenvalue weighted by atomic mass is 32.1. The van der Waals surface area contributed by atoms with Crippen molar-refractivity contribution in [1.82, 2.24) is 4.57 Å². The molecule has 2 heterocycles. The van der Waals surface area contributed by atoms with Crippen molar-refractivity contribution in [2.24, 2.45) is 4.99 Å². The average Bonchev–Trinajstić information content (AvgIpc) is 3.15. The Hall–Kier alpha value is -3.85. The smallest absolute Gasteiger partial charge is 0.338 e. The zero-order valence-electron chi connectivity index (χ0n) is 20.9. The van der Waals surface area contributed by atoms with E-state index >= 15 is 0 Å². The van der Waals surface area contributed by atoms with Gasteiger partial charge in [-0.05, 0) is 62.2 Å². The van der Waals surface area contributed by atoms with Gasteiger partial charge in [-0.25, -0.2) is 9.79 Å². The van der Waals surface area contributed by atoms with Gasteiger partial charge in [-0.3, -0.25) is 9.36 Å². The molecule has 9 heteroatoms. The number of nitrogens with zero attached hydrogens (tertiary/aromatic N) is 3. The molecule has 0 bridgehead atoms. The molecule has 36 heavy (non-hydrogen) atoms. The number of aromatic hydroxyl groups is 1. The highest BCUT2D eigenvalue weighted by Gasteiger charge is 2.33. The lowest BCUT2D eigenvalue weighted by Crippen LogP contribution is -2.39. The van der Waals surface area contributed by atoms with Crippen LogP contribution in [0.5, 0.6) is 11.5 Å². The topological polar surface area (TPSA) is 93.4 Å². The van der Waals surface area contributed by atoms with Gasteiger partial charge in [-0.1, -0.05) is 29.5 Å². The number of esters is 1. The maximum absolute atomic E-state index is 13.7. The van der Waals surface area contributed by atoms with Crippen LogP contribution in [0.1, 0.15) is 37.9 Å². The van der Waals surface area contributed by atoms with Gasteiger partial charge in [-0.2, -0.15) is 0 Å². The number of thiazole rings is 1. The number of allylic oxidation sites excluding steroid dienone is 1. The van der Waals surface area contributed by atoms with E-state index in [1.807, 2.05) is 50.2 Å². The van der Waals surface area contributed by atoms with E-state index in [4.69, 9.17) is 9.47 Å². The van der Waals surface area contributed by atoms with Crippen LogP contribution in [0.2, 0.25) is 0 Å². The number of anilines is 1. The maximum Gasteiger partial charge on any atom is 0.338 e. The molecule has 188 valence electrons. The van der Waals surface area contributed by atoms with Crippen molar-refractivity contribution in [3.8, 4) is 11.5 Å². The van der Waals surface area contributed by atoms with Crippen LogP contribution in [0.25, 0.3) is 6.08 Å². The normalized spacial score (nSPS) is 15.4. The van der Waals surface area contributed by atoms with Crippen LogP contribution >= 0.6 is 11.3 Å². The van der Waals surface area contributed by atoms with E-state index in [2.05, 4.69) is 4.99 Å². The summed E-state index contributed by atoms with van der Waals surface area (Å²) in [6.07, 6.45) is 1.74. The molecule has 1 aliphatic rings. The summed E-state index contributed by atoms with van der Waals surface area (Å²) >= 11 is 1.25. The van der Waals surface area contributed by atoms with Gasteiger partial charge in [0.25, 0.3) is 5.56 Å². The van der Waals surface area contributed by atoms with E-state index in [-0.39, 0.29) is 17.9 Å². The summed E-state index contributed by atoms with van der Waals surface area (Å²) in [4.78, 5) is 33.8. The molecule has 1 N–H and O–H groups in total. The summed E-state index contributed by atoms with van der Waals surface area (Å²) in [6.45, 7) is 5.96. The Morgan fingerprint density at radius 3 is 2.53 bits per heavy atom. The molecule has 2 aromatic carbocycles. The fourth-order valence-electron chi connectivity index (χ4n) is 4.10. The van der Waals surface area contributed by atoms with Crippen molar-refractivity contribution in [3.63, 3.8) is 0 Å². The van der Waals surface area contributed by atoms with Gasteiger partial charge in [0, 0.05) is 19.8 Å².